The maximum Gasteiger partial charge on any atom is 0.241 e. The number of amides is 2. The highest BCUT2D eigenvalue weighted by Crippen LogP contribution is 2.25. The van der Waals surface area contributed by atoms with E-state index in [1.165, 1.54) is 0 Å². The average Bonchev–Trinajstić information content (AvgIpc) is 3.21. The number of ether oxygens (including phenoxy) is 1. The van der Waals surface area contributed by atoms with Crippen molar-refractivity contribution >= 4 is 22.8 Å². The van der Waals surface area contributed by atoms with Gasteiger partial charge in [-0.1, -0.05) is 30.3 Å². The number of carbonyl (C=O) groups is 2. The molecule has 2 aromatic carbocycles. The minimum atomic E-state index is -0.321. The molecule has 8 nitrogen and oxygen atoms in total. The van der Waals surface area contributed by atoms with Crippen LogP contribution in [-0.2, 0) is 22.7 Å². The Labute approximate surface area is 192 Å². The van der Waals surface area contributed by atoms with Gasteiger partial charge in [-0.15, -0.1) is 0 Å². The van der Waals surface area contributed by atoms with E-state index in [1.54, 1.807) is 0 Å². The number of nitrogens with zero attached hydrogens (tertiary/aromatic N) is 3. The fraction of sp³-hybridized carbons (Fsp3) is 0.400. The second-order valence-corrected chi connectivity index (χ2v) is 8.78. The lowest BCUT2D eigenvalue weighted by molar-refractivity contribution is -0.137. The maximum absolute atomic E-state index is 12.8. The number of benzene rings is 2. The van der Waals surface area contributed by atoms with Gasteiger partial charge < -0.3 is 14.2 Å². The summed E-state index contributed by atoms with van der Waals surface area (Å²) >= 11 is 0. The number of fused-ring (bicyclic) bond motifs is 1. The lowest BCUT2D eigenvalue weighted by atomic mass is 9.95. The van der Waals surface area contributed by atoms with Crippen molar-refractivity contribution in [2.45, 2.75) is 44.9 Å². The number of hydrazine groups is 1. The first kappa shape index (κ1) is 21.5. The Hall–Kier alpha value is -3.39. The number of hydrogen-bond donors (Lipinski definition) is 2. The lowest BCUT2D eigenvalue weighted by Crippen LogP contribution is -2.57. The predicted molar refractivity (Wildman–Crippen MR) is 124 cm³/mol. The van der Waals surface area contributed by atoms with Crippen molar-refractivity contribution in [3.05, 3.63) is 60.4 Å². The number of hydrogen-bond acceptors (Lipinski definition) is 5. The van der Waals surface area contributed by atoms with Crippen LogP contribution in [0.3, 0.4) is 0 Å². The molecule has 33 heavy (non-hydrogen) atoms. The van der Waals surface area contributed by atoms with Crippen LogP contribution in [0, 0.1) is 5.92 Å². The third-order valence-electron chi connectivity index (χ3n) is 6.56. The zero-order valence-corrected chi connectivity index (χ0v) is 18.6. The molecule has 0 saturated carbocycles. The normalized spacial score (nSPS) is 19.5. The van der Waals surface area contributed by atoms with E-state index in [2.05, 4.69) is 21.5 Å². The summed E-state index contributed by atoms with van der Waals surface area (Å²) in [5.41, 5.74) is 7.52. The van der Waals surface area contributed by atoms with E-state index in [1.807, 2.05) is 53.4 Å². The molecule has 2 amide bonds. The number of carbonyl (C=O) groups excluding carboxylic acids is 2. The van der Waals surface area contributed by atoms with Crippen LogP contribution in [0.15, 0.2) is 54.6 Å². The van der Waals surface area contributed by atoms with E-state index in [0.717, 1.165) is 55.1 Å². The van der Waals surface area contributed by atoms with Crippen molar-refractivity contribution in [1.82, 2.24) is 25.3 Å². The number of likely N-dealkylation sites (tertiary alicyclic amines) is 1. The minimum absolute atomic E-state index is 0.0580. The summed E-state index contributed by atoms with van der Waals surface area (Å²) in [5, 5.41) is 0. The van der Waals surface area contributed by atoms with Gasteiger partial charge in [-0.25, -0.2) is 10.4 Å². The molecule has 0 spiro atoms. The molecule has 3 aromatic rings. The van der Waals surface area contributed by atoms with Crippen molar-refractivity contribution < 1.29 is 14.3 Å². The Morgan fingerprint density at radius 1 is 1.03 bits per heavy atom. The molecular weight excluding hydrogens is 418 g/mol. The third kappa shape index (κ3) is 4.85. The smallest absolute Gasteiger partial charge is 0.241 e. The molecule has 172 valence electrons. The van der Waals surface area contributed by atoms with Crippen LogP contribution in [0.25, 0.3) is 11.0 Å². The Balaban J connectivity index is 1.24. The first-order chi connectivity index (χ1) is 16.2. The van der Waals surface area contributed by atoms with Gasteiger partial charge in [0.1, 0.15) is 24.2 Å². The van der Waals surface area contributed by atoms with Crippen LogP contribution < -0.4 is 15.6 Å². The molecule has 3 heterocycles. The SMILES string of the molecule is O=C1CCC(C(=O)N2CCC(Cn3c(COc4ccccc4)nc4ccccc43)CC2)NN1. The molecular formula is C25H29N5O3. The Morgan fingerprint density at radius 2 is 1.79 bits per heavy atom. The van der Waals surface area contributed by atoms with Crippen LogP contribution >= 0.6 is 0 Å². The highest BCUT2D eigenvalue weighted by molar-refractivity contribution is 5.85. The van der Waals surface area contributed by atoms with Gasteiger partial charge >= 0.3 is 0 Å². The van der Waals surface area contributed by atoms with E-state index >= 15 is 0 Å². The fourth-order valence-corrected chi connectivity index (χ4v) is 4.68. The third-order valence-corrected chi connectivity index (χ3v) is 6.56. The highest BCUT2D eigenvalue weighted by atomic mass is 16.5. The van der Waals surface area contributed by atoms with Crippen molar-refractivity contribution in [3.8, 4) is 5.75 Å². The number of aromatic nitrogens is 2. The molecule has 2 saturated heterocycles. The van der Waals surface area contributed by atoms with Crippen molar-refractivity contribution in [3.63, 3.8) is 0 Å². The van der Waals surface area contributed by atoms with E-state index in [0.29, 0.717) is 25.4 Å². The molecule has 1 atom stereocenters. The number of piperidine rings is 1. The molecule has 2 aliphatic heterocycles. The molecule has 1 aromatic heterocycles. The van der Waals surface area contributed by atoms with Crippen LogP contribution in [0.1, 0.15) is 31.5 Å². The van der Waals surface area contributed by atoms with Gasteiger partial charge in [0, 0.05) is 26.1 Å². The number of rotatable bonds is 6. The predicted octanol–water partition coefficient (Wildman–Crippen LogP) is 2.64. The molecule has 0 radical (unpaired) electrons. The van der Waals surface area contributed by atoms with Crippen molar-refractivity contribution in [2.75, 3.05) is 13.1 Å². The number of nitrogens with one attached hydrogen (secondary N) is 2. The van der Waals surface area contributed by atoms with Crippen LogP contribution in [-0.4, -0.2) is 45.4 Å². The van der Waals surface area contributed by atoms with Gasteiger partial charge in [-0.2, -0.15) is 0 Å². The summed E-state index contributed by atoms with van der Waals surface area (Å²) in [5.74, 6) is 2.23. The van der Waals surface area contributed by atoms with Gasteiger partial charge in [0.05, 0.1) is 11.0 Å². The summed E-state index contributed by atoms with van der Waals surface area (Å²) < 4.78 is 8.28. The number of para-hydroxylation sites is 3. The van der Waals surface area contributed by atoms with Gasteiger partial charge in [-0.05, 0) is 49.4 Å². The van der Waals surface area contributed by atoms with Gasteiger partial charge in [0.25, 0.3) is 0 Å². The van der Waals surface area contributed by atoms with Crippen LogP contribution in [0.5, 0.6) is 5.75 Å². The van der Waals surface area contributed by atoms with Gasteiger partial charge in [0.2, 0.25) is 11.8 Å². The largest absolute Gasteiger partial charge is 0.486 e. The summed E-state index contributed by atoms with van der Waals surface area (Å²) in [7, 11) is 0. The van der Waals surface area contributed by atoms with E-state index in [-0.39, 0.29) is 17.9 Å². The Bertz CT molecular complexity index is 1110. The first-order valence-electron chi connectivity index (χ1n) is 11.6. The van der Waals surface area contributed by atoms with Gasteiger partial charge in [-0.3, -0.25) is 15.0 Å². The quantitative estimate of drug-likeness (QED) is 0.607. The van der Waals surface area contributed by atoms with Crippen molar-refractivity contribution in [1.29, 1.82) is 0 Å². The van der Waals surface area contributed by atoms with Crippen LogP contribution in [0.2, 0.25) is 0 Å². The molecule has 0 aliphatic carbocycles. The Kier molecular flexibility index (Phi) is 6.26. The minimum Gasteiger partial charge on any atom is -0.486 e. The summed E-state index contributed by atoms with van der Waals surface area (Å²) in [4.78, 5) is 30.9. The lowest BCUT2D eigenvalue weighted by Gasteiger charge is -2.35. The van der Waals surface area contributed by atoms with Gasteiger partial charge in [0.15, 0.2) is 0 Å². The summed E-state index contributed by atoms with van der Waals surface area (Å²) in [6.07, 6.45) is 2.82. The molecule has 8 heteroatoms. The second-order valence-electron chi connectivity index (χ2n) is 8.78. The first-order valence-corrected chi connectivity index (χ1v) is 11.6. The Morgan fingerprint density at radius 3 is 2.55 bits per heavy atom. The molecule has 0 bridgehead atoms. The average molecular weight is 448 g/mol. The fourth-order valence-electron chi connectivity index (χ4n) is 4.68. The molecule has 2 fully saturated rings. The molecule has 1 unspecified atom stereocenters. The maximum atomic E-state index is 12.8. The summed E-state index contributed by atoms with van der Waals surface area (Å²) in [6.45, 7) is 2.74. The topological polar surface area (TPSA) is 88.5 Å². The highest BCUT2D eigenvalue weighted by Gasteiger charge is 2.31. The standard InChI is InChI=1S/C25H29N5O3/c31-24-11-10-21(27-28-24)25(32)29-14-12-18(13-15-29)16-30-22-9-5-4-8-20(22)26-23(30)17-33-19-6-2-1-3-7-19/h1-9,18,21,27H,10-17H2,(H,28,31). The van der Waals surface area contributed by atoms with Crippen LogP contribution in [0.4, 0.5) is 0 Å². The molecule has 2 N–H and O–H groups in total. The van der Waals surface area contributed by atoms with E-state index < -0.39 is 0 Å². The monoisotopic (exact) mass is 447 g/mol. The zero-order valence-electron chi connectivity index (χ0n) is 18.6. The second kappa shape index (κ2) is 9.62. The molecule has 2 aliphatic rings. The van der Waals surface area contributed by atoms with E-state index in [9.17, 15) is 9.59 Å². The van der Waals surface area contributed by atoms with Crippen molar-refractivity contribution in [2.24, 2.45) is 5.92 Å². The number of imidazole rings is 1. The summed E-state index contributed by atoms with van der Waals surface area (Å²) in [6, 6.07) is 17.7. The van der Waals surface area contributed by atoms with E-state index in [4.69, 9.17) is 9.72 Å². The zero-order chi connectivity index (χ0) is 22.6. The molecule has 5 rings (SSSR count).